The second kappa shape index (κ2) is 6.40. The van der Waals surface area contributed by atoms with Gasteiger partial charge in [0.05, 0.1) is 23.5 Å². The van der Waals surface area contributed by atoms with E-state index in [0.29, 0.717) is 10.2 Å². The van der Waals surface area contributed by atoms with E-state index in [9.17, 15) is 9.59 Å². The minimum absolute atomic E-state index is 0.0196. The Hall–Kier alpha value is -2.35. The number of hydrogen-bond donors (Lipinski definition) is 3. The van der Waals surface area contributed by atoms with Crippen molar-refractivity contribution in [1.29, 1.82) is 0 Å². The van der Waals surface area contributed by atoms with Crippen LogP contribution < -0.4 is 10.6 Å². The molecule has 0 aliphatic heterocycles. The van der Waals surface area contributed by atoms with Gasteiger partial charge in [0.25, 0.3) is 0 Å². The second-order valence-electron chi connectivity index (χ2n) is 4.28. The quantitative estimate of drug-likeness (QED) is 0.785. The van der Waals surface area contributed by atoms with Crippen LogP contribution in [0.2, 0.25) is 0 Å². The van der Waals surface area contributed by atoms with Gasteiger partial charge in [0, 0.05) is 17.7 Å². The molecule has 21 heavy (non-hydrogen) atoms. The van der Waals surface area contributed by atoms with Crippen molar-refractivity contribution in [2.45, 2.75) is 6.54 Å². The van der Waals surface area contributed by atoms with Crippen molar-refractivity contribution in [1.82, 2.24) is 15.1 Å². The van der Waals surface area contributed by atoms with E-state index in [0.717, 1.165) is 0 Å². The van der Waals surface area contributed by atoms with Crippen LogP contribution in [0.15, 0.2) is 34.9 Å². The molecular formula is C13H13BrN4O3. The van der Waals surface area contributed by atoms with E-state index < -0.39 is 12.0 Å². The van der Waals surface area contributed by atoms with Gasteiger partial charge in [-0.25, -0.2) is 9.59 Å². The fourth-order valence-corrected chi connectivity index (χ4v) is 2.06. The Morgan fingerprint density at radius 1 is 1.38 bits per heavy atom. The third-order valence-corrected chi connectivity index (χ3v) is 3.15. The van der Waals surface area contributed by atoms with Gasteiger partial charge in [0.2, 0.25) is 0 Å². The highest BCUT2D eigenvalue weighted by molar-refractivity contribution is 9.10. The Labute approximate surface area is 129 Å². The molecule has 0 aliphatic rings. The van der Waals surface area contributed by atoms with Crippen molar-refractivity contribution in [3.63, 3.8) is 0 Å². The standard InChI is InChI=1S/C13H13BrN4O3/c1-18-5-4-9(17-18)7-15-13(21)16-11-6-8(14)2-3-10(11)12(19)20/h2-6H,7H2,1H3,(H,19,20)(H2,15,16,21). The van der Waals surface area contributed by atoms with E-state index in [2.05, 4.69) is 31.7 Å². The largest absolute Gasteiger partial charge is 0.478 e. The summed E-state index contributed by atoms with van der Waals surface area (Å²) in [6, 6.07) is 5.83. The van der Waals surface area contributed by atoms with E-state index in [4.69, 9.17) is 5.11 Å². The van der Waals surface area contributed by atoms with Gasteiger partial charge in [-0.3, -0.25) is 4.68 Å². The number of aryl methyl sites for hydroxylation is 1. The van der Waals surface area contributed by atoms with Gasteiger partial charge >= 0.3 is 12.0 Å². The van der Waals surface area contributed by atoms with E-state index in [-0.39, 0.29) is 17.8 Å². The molecule has 0 bridgehead atoms. The third kappa shape index (κ3) is 4.06. The molecule has 2 amide bonds. The van der Waals surface area contributed by atoms with Crippen LogP contribution in [0.4, 0.5) is 10.5 Å². The zero-order valence-electron chi connectivity index (χ0n) is 11.1. The molecule has 0 aliphatic carbocycles. The molecule has 0 saturated heterocycles. The average Bonchev–Trinajstić information content (AvgIpc) is 2.82. The van der Waals surface area contributed by atoms with Crippen LogP contribution in [-0.2, 0) is 13.6 Å². The average molecular weight is 353 g/mol. The fourth-order valence-electron chi connectivity index (χ4n) is 1.70. The number of nitrogens with one attached hydrogen (secondary N) is 2. The maximum absolute atomic E-state index is 11.8. The molecule has 8 heteroatoms. The van der Waals surface area contributed by atoms with E-state index in [1.165, 1.54) is 12.1 Å². The Balaban J connectivity index is 2.02. The summed E-state index contributed by atoms with van der Waals surface area (Å²) in [6.45, 7) is 0.253. The van der Waals surface area contributed by atoms with Gasteiger partial charge in [-0.1, -0.05) is 15.9 Å². The minimum Gasteiger partial charge on any atom is -0.478 e. The molecule has 0 spiro atoms. The molecule has 0 fully saturated rings. The molecule has 0 saturated carbocycles. The summed E-state index contributed by atoms with van der Waals surface area (Å²) in [7, 11) is 1.78. The van der Waals surface area contributed by atoms with Gasteiger partial charge in [-0.15, -0.1) is 0 Å². The molecule has 7 nitrogen and oxygen atoms in total. The first kappa shape index (κ1) is 15.0. The Morgan fingerprint density at radius 3 is 2.76 bits per heavy atom. The number of hydrogen-bond acceptors (Lipinski definition) is 3. The first-order valence-electron chi connectivity index (χ1n) is 6.02. The molecule has 110 valence electrons. The smallest absolute Gasteiger partial charge is 0.337 e. The summed E-state index contributed by atoms with van der Waals surface area (Å²) in [5.41, 5.74) is 0.946. The number of urea groups is 1. The normalized spacial score (nSPS) is 10.2. The lowest BCUT2D eigenvalue weighted by Gasteiger charge is -2.09. The van der Waals surface area contributed by atoms with Gasteiger partial charge in [-0.05, 0) is 24.3 Å². The first-order chi connectivity index (χ1) is 9.95. The van der Waals surface area contributed by atoms with Gasteiger partial charge < -0.3 is 15.7 Å². The highest BCUT2D eigenvalue weighted by Crippen LogP contribution is 2.21. The van der Waals surface area contributed by atoms with Crippen LogP contribution in [0.25, 0.3) is 0 Å². The lowest BCUT2D eigenvalue weighted by atomic mass is 10.2. The number of carboxylic acids is 1. The highest BCUT2D eigenvalue weighted by atomic mass is 79.9. The third-order valence-electron chi connectivity index (χ3n) is 2.66. The van der Waals surface area contributed by atoms with Gasteiger partial charge in [0.1, 0.15) is 0 Å². The molecule has 0 atom stereocenters. The van der Waals surface area contributed by atoms with Crippen molar-refractivity contribution < 1.29 is 14.7 Å². The molecule has 1 aromatic carbocycles. The van der Waals surface area contributed by atoms with E-state index in [1.807, 2.05) is 0 Å². The lowest BCUT2D eigenvalue weighted by molar-refractivity contribution is 0.0698. The zero-order valence-corrected chi connectivity index (χ0v) is 12.7. The molecular weight excluding hydrogens is 340 g/mol. The predicted octanol–water partition coefficient (Wildman–Crippen LogP) is 2.20. The van der Waals surface area contributed by atoms with Crippen molar-refractivity contribution in [2.24, 2.45) is 7.05 Å². The highest BCUT2D eigenvalue weighted by Gasteiger charge is 2.13. The summed E-state index contributed by atoms with van der Waals surface area (Å²) >= 11 is 3.24. The lowest BCUT2D eigenvalue weighted by Crippen LogP contribution is -2.29. The number of aromatic nitrogens is 2. The van der Waals surface area contributed by atoms with Gasteiger partial charge in [-0.2, -0.15) is 5.10 Å². The molecule has 2 rings (SSSR count). The predicted molar refractivity (Wildman–Crippen MR) is 80.2 cm³/mol. The molecule has 2 aromatic rings. The van der Waals surface area contributed by atoms with Crippen LogP contribution in [0.3, 0.4) is 0 Å². The zero-order chi connectivity index (χ0) is 15.4. The number of rotatable bonds is 4. The second-order valence-corrected chi connectivity index (χ2v) is 5.20. The number of carboxylic acid groups (broad SMARTS) is 1. The molecule has 1 aromatic heterocycles. The van der Waals surface area contributed by atoms with Crippen molar-refractivity contribution in [3.8, 4) is 0 Å². The number of amides is 2. The van der Waals surface area contributed by atoms with Crippen molar-refractivity contribution in [2.75, 3.05) is 5.32 Å². The summed E-state index contributed by atoms with van der Waals surface area (Å²) in [6.07, 6.45) is 1.77. The Morgan fingerprint density at radius 2 is 2.14 bits per heavy atom. The molecule has 1 heterocycles. The number of aromatic carboxylic acids is 1. The maximum Gasteiger partial charge on any atom is 0.337 e. The molecule has 3 N–H and O–H groups in total. The van der Waals surface area contributed by atoms with Gasteiger partial charge in [0.15, 0.2) is 0 Å². The van der Waals surface area contributed by atoms with Crippen LogP contribution in [-0.4, -0.2) is 26.9 Å². The van der Waals surface area contributed by atoms with E-state index in [1.54, 1.807) is 30.1 Å². The Bertz CT molecular complexity index is 684. The molecule has 0 radical (unpaired) electrons. The number of halogens is 1. The Kier molecular flexibility index (Phi) is 4.59. The molecule has 0 unspecified atom stereocenters. The first-order valence-corrected chi connectivity index (χ1v) is 6.81. The van der Waals surface area contributed by atoms with Crippen LogP contribution in [0.1, 0.15) is 16.1 Å². The van der Waals surface area contributed by atoms with E-state index >= 15 is 0 Å². The number of benzene rings is 1. The maximum atomic E-state index is 11.8. The number of nitrogens with zero attached hydrogens (tertiary/aromatic N) is 2. The van der Waals surface area contributed by atoms with Crippen molar-refractivity contribution in [3.05, 3.63) is 46.2 Å². The minimum atomic E-state index is -1.11. The number of anilines is 1. The monoisotopic (exact) mass is 352 g/mol. The van der Waals surface area contributed by atoms with Crippen LogP contribution in [0, 0.1) is 0 Å². The fraction of sp³-hybridized carbons (Fsp3) is 0.154. The SMILES string of the molecule is Cn1ccc(CNC(=O)Nc2cc(Br)ccc2C(=O)O)n1. The summed E-state index contributed by atoms with van der Waals surface area (Å²) in [5.74, 6) is -1.11. The summed E-state index contributed by atoms with van der Waals surface area (Å²) < 4.78 is 2.30. The summed E-state index contributed by atoms with van der Waals surface area (Å²) in [4.78, 5) is 22.9. The van der Waals surface area contributed by atoms with Crippen LogP contribution >= 0.6 is 15.9 Å². The van der Waals surface area contributed by atoms with Crippen LogP contribution in [0.5, 0.6) is 0 Å². The summed E-state index contributed by atoms with van der Waals surface area (Å²) in [5, 5.41) is 18.3. The topological polar surface area (TPSA) is 96.2 Å². The number of carbonyl (C=O) groups excluding carboxylic acids is 1. The van der Waals surface area contributed by atoms with Crippen molar-refractivity contribution >= 4 is 33.6 Å². The number of carbonyl (C=O) groups is 2.